The van der Waals surface area contributed by atoms with Gasteiger partial charge in [0.1, 0.15) is 19.3 Å². The van der Waals surface area contributed by atoms with Gasteiger partial charge in [-0.05, 0) is 31.6 Å². The third kappa shape index (κ3) is 70.9. The summed E-state index contributed by atoms with van der Waals surface area (Å²) in [6, 6.07) is 0. The molecule has 0 heterocycles. The fourth-order valence-corrected chi connectivity index (χ4v) is 13.6. The molecule has 0 saturated carbocycles. The van der Waals surface area contributed by atoms with Crippen molar-refractivity contribution in [3.63, 3.8) is 0 Å². The van der Waals surface area contributed by atoms with Crippen molar-refractivity contribution in [3.8, 4) is 0 Å². The van der Waals surface area contributed by atoms with Gasteiger partial charge in [-0.3, -0.25) is 37.3 Å². The highest BCUT2D eigenvalue weighted by Gasteiger charge is 2.30. The van der Waals surface area contributed by atoms with Gasteiger partial charge in [0.25, 0.3) is 0 Å². The zero-order valence-electron chi connectivity index (χ0n) is 63.2. The zero-order valence-corrected chi connectivity index (χ0v) is 65.0. The van der Waals surface area contributed by atoms with E-state index in [0.29, 0.717) is 25.7 Å². The van der Waals surface area contributed by atoms with Gasteiger partial charge >= 0.3 is 39.5 Å². The Labute approximate surface area is 594 Å². The van der Waals surface area contributed by atoms with Crippen molar-refractivity contribution in [1.82, 2.24) is 0 Å². The number of phosphoric acid groups is 2. The number of hydrogen-bond acceptors (Lipinski definition) is 15. The predicted octanol–water partition coefficient (Wildman–Crippen LogP) is 23.3. The van der Waals surface area contributed by atoms with E-state index < -0.39 is 97.5 Å². The average Bonchev–Trinajstić information content (AvgIpc) is 1.30. The van der Waals surface area contributed by atoms with E-state index in [0.717, 1.165) is 95.8 Å². The predicted molar refractivity (Wildman–Crippen MR) is 395 cm³/mol. The number of esters is 4. The van der Waals surface area contributed by atoms with Crippen molar-refractivity contribution in [1.29, 1.82) is 0 Å². The lowest BCUT2D eigenvalue weighted by Gasteiger charge is -2.21. The molecule has 0 aromatic rings. The molecular weight excluding hydrogens is 1270 g/mol. The van der Waals surface area contributed by atoms with Crippen molar-refractivity contribution < 1.29 is 80.2 Å². The maximum absolute atomic E-state index is 13.1. The van der Waals surface area contributed by atoms with Crippen LogP contribution in [0.15, 0.2) is 0 Å². The molecule has 3 N–H and O–H groups in total. The third-order valence-corrected chi connectivity index (χ3v) is 20.5. The Kier molecular flexibility index (Phi) is 69.6. The van der Waals surface area contributed by atoms with Crippen LogP contribution in [0.25, 0.3) is 0 Å². The lowest BCUT2D eigenvalue weighted by Crippen LogP contribution is -2.30. The van der Waals surface area contributed by atoms with Crippen LogP contribution in [0.1, 0.15) is 413 Å². The lowest BCUT2D eigenvalue weighted by atomic mass is 9.99. The highest BCUT2D eigenvalue weighted by molar-refractivity contribution is 7.47. The normalized spacial score (nSPS) is 14.2. The molecular formula is C78H152O17P2. The van der Waals surface area contributed by atoms with E-state index in [1.54, 1.807) is 0 Å². The Balaban J connectivity index is 5.27. The molecule has 0 bridgehead atoms. The largest absolute Gasteiger partial charge is 0.472 e. The van der Waals surface area contributed by atoms with E-state index in [1.807, 2.05) is 0 Å². The Morgan fingerprint density at radius 2 is 0.495 bits per heavy atom. The fourth-order valence-electron chi connectivity index (χ4n) is 12.0. The molecule has 97 heavy (non-hydrogen) atoms. The van der Waals surface area contributed by atoms with E-state index >= 15 is 0 Å². The van der Waals surface area contributed by atoms with Crippen molar-refractivity contribution in [3.05, 3.63) is 0 Å². The smallest absolute Gasteiger partial charge is 0.462 e. The topological polar surface area (TPSA) is 237 Å². The number of aliphatic hydroxyl groups is 1. The molecule has 0 aliphatic carbocycles. The Hall–Kier alpha value is -1.94. The first-order valence-electron chi connectivity index (χ1n) is 40.7. The number of aliphatic hydroxyl groups excluding tert-OH is 1. The minimum absolute atomic E-state index is 0.108. The maximum atomic E-state index is 13.1. The molecule has 0 aromatic carbocycles. The number of carbonyl (C=O) groups excluding carboxylic acids is 4. The molecule has 0 aromatic heterocycles. The number of phosphoric ester groups is 2. The molecule has 0 amide bonds. The van der Waals surface area contributed by atoms with E-state index in [1.165, 1.54) is 238 Å². The van der Waals surface area contributed by atoms with Gasteiger partial charge in [0, 0.05) is 25.7 Å². The molecule has 0 saturated heterocycles. The monoisotopic (exact) mass is 1420 g/mol. The van der Waals surface area contributed by atoms with E-state index in [2.05, 4.69) is 34.6 Å². The van der Waals surface area contributed by atoms with Gasteiger partial charge < -0.3 is 33.8 Å². The van der Waals surface area contributed by atoms with Gasteiger partial charge in [-0.1, -0.05) is 362 Å². The molecule has 0 radical (unpaired) electrons. The van der Waals surface area contributed by atoms with Crippen LogP contribution in [0.3, 0.4) is 0 Å². The lowest BCUT2D eigenvalue weighted by molar-refractivity contribution is -0.161. The number of rotatable bonds is 78. The number of ether oxygens (including phenoxy) is 4. The molecule has 0 fully saturated rings. The van der Waals surface area contributed by atoms with Gasteiger partial charge in [0.2, 0.25) is 0 Å². The molecule has 3 unspecified atom stereocenters. The minimum Gasteiger partial charge on any atom is -0.462 e. The summed E-state index contributed by atoms with van der Waals surface area (Å²) in [5.74, 6) is -1.33. The van der Waals surface area contributed by atoms with Crippen LogP contribution >= 0.6 is 15.6 Å². The second-order valence-corrected chi connectivity index (χ2v) is 31.3. The summed E-state index contributed by atoms with van der Waals surface area (Å²) in [5.41, 5.74) is 0. The average molecular weight is 1420 g/mol. The van der Waals surface area contributed by atoms with Gasteiger partial charge in [-0.2, -0.15) is 0 Å². The highest BCUT2D eigenvalue weighted by Crippen LogP contribution is 2.45. The third-order valence-electron chi connectivity index (χ3n) is 18.6. The first-order chi connectivity index (χ1) is 47.1. The summed E-state index contributed by atoms with van der Waals surface area (Å²) in [7, 11) is -9.91. The number of hydrogen-bond donors (Lipinski definition) is 3. The Morgan fingerprint density at radius 3 is 0.732 bits per heavy atom. The summed E-state index contributed by atoms with van der Waals surface area (Å²) < 4.78 is 68.7. The van der Waals surface area contributed by atoms with Crippen LogP contribution in [0.5, 0.6) is 0 Å². The summed E-state index contributed by atoms with van der Waals surface area (Å²) in [6.07, 6.45) is 60.8. The standard InChI is InChI=1S/C78H152O17P2/c1-6-10-13-16-19-22-25-28-31-33-36-39-42-49-54-59-64-78(83)94-73(67-88-75(80)61-56-51-46-40-37-35-32-29-26-23-20-17-14-11-7-2)69-92-96(84,85)90-65-72(79)66-91-97(86,87)93-70-74(68-89-76(81)62-57-52-47-44-43-45-50-55-60-71(5)9-4)95-77(82)63-58-53-48-41-38-34-30-27-24-21-18-15-12-8-3/h71-74,79H,6-70H2,1-5H3,(H,84,85)(H,86,87)/t71?,72-,73-,74-/m1/s1. The number of unbranched alkanes of at least 4 members (excludes halogenated alkanes) is 49. The van der Waals surface area contributed by atoms with Crippen molar-refractivity contribution in [2.24, 2.45) is 5.92 Å². The Bertz CT molecular complexity index is 1860. The molecule has 576 valence electrons. The van der Waals surface area contributed by atoms with Crippen LogP contribution in [-0.4, -0.2) is 96.7 Å². The SMILES string of the molecule is CCCCCCCCCCCCCCCCCCC(=O)O[C@H](COC(=O)CCCCCCCCCCCCCCCCC)COP(=O)(O)OC[C@@H](O)COP(=O)(O)OC[C@@H](COC(=O)CCCCCCCCCCC(C)CC)OC(=O)CCCCCCCCCCCCCCCC. The van der Waals surface area contributed by atoms with E-state index in [4.69, 9.17) is 37.0 Å². The molecule has 17 nitrogen and oxygen atoms in total. The Morgan fingerprint density at radius 1 is 0.289 bits per heavy atom. The molecule has 19 heteroatoms. The minimum atomic E-state index is -4.96. The zero-order chi connectivity index (χ0) is 71.2. The van der Waals surface area contributed by atoms with Gasteiger partial charge in [0.15, 0.2) is 12.2 Å². The van der Waals surface area contributed by atoms with Crippen LogP contribution < -0.4 is 0 Å². The fraction of sp³-hybridized carbons (Fsp3) is 0.949. The summed E-state index contributed by atoms with van der Waals surface area (Å²) in [6.45, 7) is 7.32. The second kappa shape index (κ2) is 71.1. The van der Waals surface area contributed by atoms with Crippen molar-refractivity contribution in [2.75, 3.05) is 39.6 Å². The summed E-state index contributed by atoms with van der Waals surface area (Å²) >= 11 is 0. The van der Waals surface area contributed by atoms with Crippen molar-refractivity contribution in [2.45, 2.75) is 432 Å². The molecule has 6 atom stereocenters. The summed E-state index contributed by atoms with van der Waals surface area (Å²) in [4.78, 5) is 73.0. The van der Waals surface area contributed by atoms with Crippen molar-refractivity contribution >= 4 is 39.5 Å². The molecule has 0 aliphatic heterocycles. The van der Waals surface area contributed by atoms with Crippen LogP contribution in [0.4, 0.5) is 0 Å². The maximum Gasteiger partial charge on any atom is 0.472 e. The quantitative estimate of drug-likeness (QED) is 0.0222. The van der Waals surface area contributed by atoms with E-state index in [-0.39, 0.29) is 25.7 Å². The molecule has 0 aliphatic rings. The number of carbonyl (C=O) groups is 4. The second-order valence-electron chi connectivity index (χ2n) is 28.3. The van der Waals surface area contributed by atoms with Crippen LogP contribution in [0.2, 0.25) is 0 Å². The van der Waals surface area contributed by atoms with Crippen LogP contribution in [-0.2, 0) is 65.4 Å². The van der Waals surface area contributed by atoms with Gasteiger partial charge in [-0.15, -0.1) is 0 Å². The van der Waals surface area contributed by atoms with Gasteiger partial charge in [-0.25, -0.2) is 9.13 Å². The first kappa shape index (κ1) is 95.1. The van der Waals surface area contributed by atoms with Crippen LogP contribution in [0, 0.1) is 5.92 Å². The molecule has 0 spiro atoms. The van der Waals surface area contributed by atoms with Gasteiger partial charge in [0.05, 0.1) is 26.4 Å². The summed E-state index contributed by atoms with van der Waals surface area (Å²) in [5, 5.41) is 10.6. The first-order valence-corrected chi connectivity index (χ1v) is 43.7. The highest BCUT2D eigenvalue weighted by atomic mass is 31.2. The molecule has 0 rings (SSSR count). The van der Waals surface area contributed by atoms with E-state index in [9.17, 15) is 43.2 Å².